The lowest BCUT2D eigenvalue weighted by Crippen LogP contribution is -2.64. The van der Waals surface area contributed by atoms with Gasteiger partial charge in [0.2, 0.25) is 23.5 Å². The summed E-state index contributed by atoms with van der Waals surface area (Å²) in [6, 6.07) is -3.88. The maximum absolute atomic E-state index is 14.7. The summed E-state index contributed by atoms with van der Waals surface area (Å²) < 4.78 is 0. The molecule has 0 aromatic carbocycles. The van der Waals surface area contributed by atoms with Gasteiger partial charge in [0, 0.05) is 25.5 Å². The fraction of sp³-hybridized carbons (Fsp3) is 0.692. The number of hydrogen-bond acceptors (Lipinski definition) is 8. The summed E-state index contributed by atoms with van der Waals surface area (Å²) in [6.45, 7) is 15.7. The fourth-order valence-electron chi connectivity index (χ4n) is 8.64. The number of ketones is 1. The topological polar surface area (TPSA) is 180 Å². The van der Waals surface area contributed by atoms with Crippen LogP contribution >= 0.6 is 0 Å². The van der Waals surface area contributed by atoms with Crippen molar-refractivity contribution in [1.82, 2.24) is 36.1 Å². The van der Waals surface area contributed by atoms with Gasteiger partial charge in [0.15, 0.2) is 0 Å². The maximum atomic E-state index is 14.7. The number of nitrogens with one attached hydrogen (secondary N) is 4. The SMILES string of the molecule is C=CCNC(=O)C(=O)C(CC1CCC1)NC(=O)[C@@H]1[C@@H]2[C@H](CN1C(=O)[C@@H](NC(=O)[C@@H](NC(=O)c1cnccn1)C1(C)CCCCC1)C(C)(C)C)C2(C)C. The maximum Gasteiger partial charge on any atom is 0.289 e. The van der Waals surface area contributed by atoms with Crippen LogP contribution in [0.1, 0.15) is 110 Å². The minimum atomic E-state index is -1.03. The number of rotatable bonds is 14. The van der Waals surface area contributed by atoms with Crippen LogP contribution in [-0.4, -0.2) is 87.4 Å². The largest absolute Gasteiger partial charge is 0.346 e. The molecule has 52 heavy (non-hydrogen) atoms. The quantitative estimate of drug-likeness (QED) is 0.167. The Bertz CT molecular complexity index is 1550. The molecule has 2 heterocycles. The van der Waals surface area contributed by atoms with Crippen LogP contribution in [0.15, 0.2) is 31.2 Å². The van der Waals surface area contributed by atoms with E-state index in [-0.39, 0.29) is 35.4 Å². The first-order chi connectivity index (χ1) is 24.5. The van der Waals surface area contributed by atoms with Gasteiger partial charge in [0.25, 0.3) is 11.8 Å². The van der Waals surface area contributed by atoms with Gasteiger partial charge in [-0.05, 0) is 53.3 Å². The first-order valence-electron chi connectivity index (χ1n) is 18.9. The van der Waals surface area contributed by atoms with Crippen LogP contribution in [0, 0.1) is 34.0 Å². The molecule has 1 unspecified atom stereocenters. The average molecular weight is 720 g/mol. The first-order valence-corrected chi connectivity index (χ1v) is 18.9. The van der Waals surface area contributed by atoms with Crippen LogP contribution < -0.4 is 21.3 Å². The van der Waals surface area contributed by atoms with E-state index in [1.54, 1.807) is 4.90 Å². The molecule has 13 heteroatoms. The second-order valence-electron chi connectivity index (χ2n) is 17.4. The number of piperidine rings is 1. The van der Waals surface area contributed by atoms with Crippen LogP contribution in [0.25, 0.3) is 0 Å². The van der Waals surface area contributed by atoms with Crippen molar-refractivity contribution in [2.24, 2.45) is 34.0 Å². The van der Waals surface area contributed by atoms with Gasteiger partial charge in [-0.1, -0.05) is 86.1 Å². The van der Waals surface area contributed by atoms with Crippen molar-refractivity contribution in [2.75, 3.05) is 13.1 Å². The van der Waals surface area contributed by atoms with E-state index in [4.69, 9.17) is 0 Å². The lowest BCUT2D eigenvalue weighted by molar-refractivity contribution is -0.147. The minimum Gasteiger partial charge on any atom is -0.346 e. The van der Waals surface area contributed by atoms with Crippen LogP contribution in [0.4, 0.5) is 0 Å². The van der Waals surface area contributed by atoms with E-state index in [0.717, 1.165) is 51.4 Å². The highest BCUT2D eigenvalue weighted by atomic mass is 16.2. The Morgan fingerprint density at radius 3 is 2.25 bits per heavy atom. The highest BCUT2D eigenvalue weighted by molar-refractivity contribution is 6.38. The summed E-state index contributed by atoms with van der Waals surface area (Å²) >= 11 is 0. The van der Waals surface area contributed by atoms with E-state index >= 15 is 0 Å². The molecule has 4 N–H and O–H groups in total. The Labute approximate surface area is 307 Å². The molecule has 1 saturated heterocycles. The Kier molecular flexibility index (Phi) is 11.6. The number of likely N-dealkylation sites (tertiary alicyclic amines) is 1. The van der Waals surface area contributed by atoms with Crippen LogP contribution in [-0.2, 0) is 24.0 Å². The van der Waals surface area contributed by atoms with Crippen molar-refractivity contribution in [1.29, 1.82) is 0 Å². The van der Waals surface area contributed by atoms with Crippen molar-refractivity contribution < 1.29 is 28.8 Å². The predicted molar refractivity (Wildman–Crippen MR) is 194 cm³/mol. The molecule has 0 radical (unpaired) electrons. The molecule has 0 spiro atoms. The summed E-state index contributed by atoms with van der Waals surface area (Å²) in [5.41, 5.74) is -1.45. The standard InChI is InChI=1S/C39H57N7O6/c1-8-17-42-34(50)29(47)25(20-23-13-12-14-23)43-33(49)28-27-24(38(27,5)6)22-46(28)36(52)31(37(2,3)4)45-35(51)30(39(7)15-10-9-11-16-39)44-32(48)26-21-40-18-19-41-26/h8,18-19,21,23-25,27-28,30-31H,1,9-17,20,22H2,2-7H3,(H,42,50)(H,43,49)(H,44,48)(H,45,51)/t24-,25?,27-,28-,30+,31+/m0/s1. The zero-order chi connectivity index (χ0) is 38.0. The molecule has 5 amide bonds. The summed E-state index contributed by atoms with van der Waals surface area (Å²) in [5, 5.41) is 11.4. The van der Waals surface area contributed by atoms with Crippen molar-refractivity contribution in [3.8, 4) is 0 Å². The summed E-state index contributed by atoms with van der Waals surface area (Å²) in [7, 11) is 0. The van der Waals surface area contributed by atoms with E-state index in [1.807, 2.05) is 27.7 Å². The second-order valence-corrected chi connectivity index (χ2v) is 17.4. The number of carbonyl (C=O) groups is 6. The molecule has 13 nitrogen and oxygen atoms in total. The van der Waals surface area contributed by atoms with E-state index in [2.05, 4.69) is 51.7 Å². The molecular weight excluding hydrogens is 662 g/mol. The van der Waals surface area contributed by atoms with Gasteiger partial charge in [-0.2, -0.15) is 0 Å². The summed E-state index contributed by atoms with van der Waals surface area (Å²) in [5.74, 6) is -3.24. The number of nitrogens with zero attached hydrogens (tertiary/aromatic N) is 3. The molecule has 3 saturated carbocycles. The molecule has 1 aliphatic heterocycles. The van der Waals surface area contributed by atoms with E-state index in [0.29, 0.717) is 13.0 Å². The van der Waals surface area contributed by atoms with Gasteiger partial charge in [-0.15, -0.1) is 6.58 Å². The second kappa shape index (κ2) is 15.4. The van der Waals surface area contributed by atoms with E-state index in [9.17, 15) is 28.8 Å². The number of aromatic nitrogens is 2. The van der Waals surface area contributed by atoms with Gasteiger partial charge < -0.3 is 26.2 Å². The molecule has 4 fully saturated rings. The molecule has 1 aromatic rings. The number of amides is 5. The van der Waals surface area contributed by atoms with E-state index < -0.39 is 70.3 Å². The molecule has 6 atom stereocenters. The Morgan fingerprint density at radius 1 is 0.981 bits per heavy atom. The van der Waals surface area contributed by atoms with Gasteiger partial charge in [-0.25, -0.2) is 4.98 Å². The Balaban J connectivity index is 1.39. The van der Waals surface area contributed by atoms with Crippen LogP contribution in [0.5, 0.6) is 0 Å². The zero-order valence-corrected chi connectivity index (χ0v) is 31.6. The summed E-state index contributed by atoms with van der Waals surface area (Å²) in [4.78, 5) is 92.4. The van der Waals surface area contributed by atoms with Gasteiger partial charge in [0.05, 0.1) is 12.2 Å². The molecule has 284 valence electrons. The fourth-order valence-corrected chi connectivity index (χ4v) is 8.64. The molecule has 4 aliphatic rings. The molecular formula is C39H57N7O6. The third kappa shape index (κ3) is 8.23. The van der Waals surface area contributed by atoms with Crippen LogP contribution in [0.2, 0.25) is 0 Å². The number of carbonyl (C=O) groups excluding carboxylic acids is 6. The molecule has 3 aliphatic carbocycles. The molecule has 5 rings (SSSR count). The first kappa shape index (κ1) is 39.1. The Morgan fingerprint density at radius 2 is 1.67 bits per heavy atom. The highest BCUT2D eigenvalue weighted by Gasteiger charge is 2.70. The number of hydrogen-bond donors (Lipinski definition) is 4. The van der Waals surface area contributed by atoms with Crippen LogP contribution in [0.3, 0.4) is 0 Å². The summed E-state index contributed by atoms with van der Waals surface area (Å²) in [6.07, 6.45) is 13.2. The van der Waals surface area contributed by atoms with E-state index in [1.165, 1.54) is 24.7 Å². The lowest BCUT2D eigenvalue weighted by Gasteiger charge is -2.42. The Hall–Kier alpha value is -4.16. The van der Waals surface area contributed by atoms with Crippen molar-refractivity contribution in [3.05, 3.63) is 36.9 Å². The number of fused-ring (bicyclic) bond motifs is 1. The normalized spacial score (nSPS) is 24.9. The molecule has 0 bridgehead atoms. The predicted octanol–water partition coefficient (Wildman–Crippen LogP) is 3.11. The number of Topliss-reactive ketones (excluding diaryl/α,β-unsaturated/α-hetero) is 1. The zero-order valence-electron chi connectivity index (χ0n) is 31.6. The smallest absolute Gasteiger partial charge is 0.289 e. The van der Waals surface area contributed by atoms with Gasteiger partial charge in [0.1, 0.15) is 23.8 Å². The van der Waals surface area contributed by atoms with Crippen molar-refractivity contribution in [2.45, 2.75) is 123 Å². The third-order valence-electron chi connectivity index (χ3n) is 12.2. The van der Waals surface area contributed by atoms with Gasteiger partial charge in [-0.3, -0.25) is 33.8 Å². The highest BCUT2D eigenvalue weighted by Crippen LogP contribution is 2.65. The minimum absolute atomic E-state index is 0.0559. The van der Waals surface area contributed by atoms with Gasteiger partial charge >= 0.3 is 0 Å². The molecule has 1 aromatic heterocycles. The average Bonchev–Trinajstić information content (AvgIpc) is 3.38. The monoisotopic (exact) mass is 719 g/mol. The van der Waals surface area contributed by atoms with Crippen molar-refractivity contribution >= 4 is 35.3 Å². The van der Waals surface area contributed by atoms with Crippen molar-refractivity contribution in [3.63, 3.8) is 0 Å². The third-order valence-corrected chi connectivity index (χ3v) is 12.2. The lowest BCUT2D eigenvalue weighted by atomic mass is 9.70.